The van der Waals surface area contributed by atoms with Gasteiger partial charge in [-0.15, -0.1) is 0 Å². The lowest BCUT2D eigenvalue weighted by atomic mass is 10.1. The Kier molecular flexibility index (Phi) is 6.16. The standard InChI is InChI=1S/C21H20FN3O3/c22-17-8-6-15-12-16(21(28)25-18(15)13-17)7-9-19(26)23-10-11-24-20(27)14-4-2-1-3-5-14/h1-6,8,12-13H,7,9-11H2,(H,23,26)(H,24,27)(H,25,28). The SMILES string of the molecule is O=C(CCc1cc2ccc(F)cc2[nH]c1=O)NCCNC(=O)c1ccccc1. The normalized spacial score (nSPS) is 10.6. The number of hydrogen-bond acceptors (Lipinski definition) is 3. The molecule has 2 aromatic carbocycles. The third-order valence-electron chi connectivity index (χ3n) is 4.28. The van der Waals surface area contributed by atoms with E-state index in [2.05, 4.69) is 15.6 Å². The van der Waals surface area contributed by atoms with E-state index < -0.39 is 5.82 Å². The van der Waals surface area contributed by atoms with Gasteiger partial charge in [0, 0.05) is 30.6 Å². The second kappa shape index (κ2) is 8.94. The summed E-state index contributed by atoms with van der Waals surface area (Å²) in [6.45, 7) is 0.604. The third kappa shape index (κ3) is 5.03. The smallest absolute Gasteiger partial charge is 0.251 e. The Morgan fingerprint density at radius 2 is 1.71 bits per heavy atom. The van der Waals surface area contributed by atoms with Crippen molar-refractivity contribution >= 4 is 22.7 Å². The Hall–Kier alpha value is -3.48. The monoisotopic (exact) mass is 381 g/mol. The van der Waals surface area contributed by atoms with Crippen LogP contribution < -0.4 is 16.2 Å². The van der Waals surface area contributed by atoms with Crippen molar-refractivity contribution in [3.63, 3.8) is 0 Å². The number of fused-ring (bicyclic) bond motifs is 1. The van der Waals surface area contributed by atoms with Crippen LogP contribution in [-0.2, 0) is 11.2 Å². The molecule has 28 heavy (non-hydrogen) atoms. The van der Waals surface area contributed by atoms with E-state index in [1.807, 2.05) is 6.07 Å². The molecule has 0 radical (unpaired) electrons. The maximum Gasteiger partial charge on any atom is 0.251 e. The van der Waals surface area contributed by atoms with Crippen molar-refractivity contribution in [1.29, 1.82) is 0 Å². The first-order valence-electron chi connectivity index (χ1n) is 8.94. The Balaban J connectivity index is 1.45. The van der Waals surface area contributed by atoms with Crippen LogP contribution in [0.15, 0.2) is 59.4 Å². The largest absolute Gasteiger partial charge is 0.354 e. The maximum absolute atomic E-state index is 13.2. The Morgan fingerprint density at radius 3 is 2.50 bits per heavy atom. The number of pyridine rings is 1. The number of benzene rings is 2. The number of rotatable bonds is 7. The van der Waals surface area contributed by atoms with E-state index in [1.165, 1.54) is 12.1 Å². The highest BCUT2D eigenvalue weighted by Gasteiger charge is 2.08. The summed E-state index contributed by atoms with van der Waals surface area (Å²) in [5.74, 6) is -0.837. The highest BCUT2D eigenvalue weighted by molar-refractivity contribution is 5.94. The van der Waals surface area contributed by atoms with Crippen LogP contribution in [0.3, 0.4) is 0 Å². The lowest BCUT2D eigenvalue weighted by Crippen LogP contribution is -2.34. The van der Waals surface area contributed by atoms with E-state index in [4.69, 9.17) is 0 Å². The lowest BCUT2D eigenvalue weighted by molar-refractivity contribution is -0.121. The van der Waals surface area contributed by atoms with E-state index in [-0.39, 0.29) is 30.2 Å². The molecule has 0 fully saturated rings. The highest BCUT2D eigenvalue weighted by Crippen LogP contribution is 2.13. The van der Waals surface area contributed by atoms with Gasteiger partial charge in [0.25, 0.3) is 11.5 Å². The van der Waals surface area contributed by atoms with Gasteiger partial charge in [0.15, 0.2) is 0 Å². The van der Waals surface area contributed by atoms with Gasteiger partial charge in [0.2, 0.25) is 5.91 Å². The van der Waals surface area contributed by atoms with E-state index in [0.29, 0.717) is 35.1 Å². The van der Waals surface area contributed by atoms with E-state index in [9.17, 15) is 18.8 Å². The summed E-state index contributed by atoms with van der Waals surface area (Å²) in [6, 6.07) is 14.6. The van der Waals surface area contributed by atoms with Crippen molar-refractivity contribution in [3.05, 3.63) is 81.9 Å². The maximum atomic E-state index is 13.2. The average Bonchev–Trinajstić information content (AvgIpc) is 2.70. The molecule has 0 unspecified atom stereocenters. The molecular weight excluding hydrogens is 361 g/mol. The van der Waals surface area contributed by atoms with Gasteiger partial charge in [-0.05, 0) is 48.2 Å². The molecule has 2 amide bonds. The highest BCUT2D eigenvalue weighted by atomic mass is 19.1. The summed E-state index contributed by atoms with van der Waals surface area (Å²) >= 11 is 0. The number of hydrogen-bond donors (Lipinski definition) is 3. The molecule has 3 aromatic rings. The van der Waals surface area contributed by atoms with Crippen LogP contribution in [0.4, 0.5) is 4.39 Å². The van der Waals surface area contributed by atoms with Crippen molar-refractivity contribution in [2.24, 2.45) is 0 Å². The molecule has 0 aliphatic rings. The summed E-state index contributed by atoms with van der Waals surface area (Å²) in [6.07, 6.45) is 0.410. The molecular formula is C21H20FN3O3. The van der Waals surface area contributed by atoms with Crippen LogP contribution in [0.1, 0.15) is 22.3 Å². The minimum absolute atomic E-state index is 0.141. The topological polar surface area (TPSA) is 91.1 Å². The minimum Gasteiger partial charge on any atom is -0.354 e. The van der Waals surface area contributed by atoms with Gasteiger partial charge >= 0.3 is 0 Å². The zero-order valence-corrected chi connectivity index (χ0v) is 15.1. The molecule has 3 rings (SSSR count). The number of halogens is 1. The summed E-state index contributed by atoms with van der Waals surface area (Å²) in [4.78, 5) is 38.5. The number of carbonyl (C=O) groups is 2. The van der Waals surface area contributed by atoms with Crippen molar-refractivity contribution in [1.82, 2.24) is 15.6 Å². The fraction of sp³-hybridized carbons (Fsp3) is 0.190. The summed E-state index contributed by atoms with van der Waals surface area (Å²) in [5.41, 5.74) is 1.12. The first-order chi connectivity index (χ1) is 13.5. The van der Waals surface area contributed by atoms with E-state index in [1.54, 1.807) is 36.4 Å². The lowest BCUT2D eigenvalue weighted by Gasteiger charge is -2.07. The van der Waals surface area contributed by atoms with Gasteiger partial charge in [-0.25, -0.2) is 4.39 Å². The fourth-order valence-corrected chi connectivity index (χ4v) is 2.81. The van der Waals surface area contributed by atoms with E-state index >= 15 is 0 Å². The summed E-state index contributed by atoms with van der Waals surface area (Å²) in [7, 11) is 0. The Labute approximate surface area is 160 Å². The molecule has 3 N–H and O–H groups in total. The number of aryl methyl sites for hydroxylation is 1. The van der Waals surface area contributed by atoms with Crippen molar-refractivity contribution in [3.8, 4) is 0 Å². The summed E-state index contributed by atoms with van der Waals surface area (Å²) < 4.78 is 13.2. The predicted molar refractivity (Wildman–Crippen MR) is 105 cm³/mol. The molecule has 6 nitrogen and oxygen atoms in total. The Bertz CT molecular complexity index is 1050. The molecule has 0 aliphatic heterocycles. The van der Waals surface area contributed by atoms with Crippen LogP contribution >= 0.6 is 0 Å². The number of aromatic amines is 1. The van der Waals surface area contributed by atoms with Gasteiger partial charge in [-0.3, -0.25) is 14.4 Å². The Morgan fingerprint density at radius 1 is 0.964 bits per heavy atom. The minimum atomic E-state index is -0.422. The van der Waals surface area contributed by atoms with Crippen LogP contribution in [0.5, 0.6) is 0 Å². The average molecular weight is 381 g/mol. The molecule has 1 heterocycles. The van der Waals surface area contributed by atoms with Crippen LogP contribution in [0, 0.1) is 5.82 Å². The van der Waals surface area contributed by atoms with Crippen LogP contribution in [0.25, 0.3) is 10.9 Å². The molecule has 0 aliphatic carbocycles. The molecule has 0 spiro atoms. The molecule has 0 saturated carbocycles. The molecule has 144 valence electrons. The zero-order valence-electron chi connectivity index (χ0n) is 15.1. The first-order valence-corrected chi connectivity index (χ1v) is 8.94. The van der Waals surface area contributed by atoms with Gasteiger partial charge in [0.1, 0.15) is 5.82 Å². The quantitative estimate of drug-likeness (QED) is 0.548. The fourth-order valence-electron chi connectivity index (χ4n) is 2.81. The van der Waals surface area contributed by atoms with Gasteiger partial charge < -0.3 is 15.6 Å². The number of amides is 2. The van der Waals surface area contributed by atoms with Gasteiger partial charge in [-0.2, -0.15) is 0 Å². The zero-order chi connectivity index (χ0) is 19.9. The predicted octanol–water partition coefficient (Wildman–Crippen LogP) is 2.15. The van der Waals surface area contributed by atoms with Crippen molar-refractivity contribution < 1.29 is 14.0 Å². The summed E-state index contributed by atoms with van der Waals surface area (Å²) in [5, 5.41) is 6.14. The number of aromatic nitrogens is 1. The molecule has 7 heteroatoms. The molecule has 0 saturated heterocycles. The second-order valence-corrected chi connectivity index (χ2v) is 6.33. The second-order valence-electron chi connectivity index (χ2n) is 6.33. The first kappa shape index (κ1) is 19.3. The third-order valence-corrected chi connectivity index (χ3v) is 4.28. The number of H-pyrrole nitrogens is 1. The van der Waals surface area contributed by atoms with Gasteiger partial charge in [0.05, 0.1) is 5.52 Å². The van der Waals surface area contributed by atoms with Gasteiger partial charge in [-0.1, -0.05) is 18.2 Å². The van der Waals surface area contributed by atoms with Crippen molar-refractivity contribution in [2.75, 3.05) is 13.1 Å². The van der Waals surface area contributed by atoms with E-state index in [0.717, 1.165) is 0 Å². The van der Waals surface area contributed by atoms with Crippen LogP contribution in [-0.4, -0.2) is 29.9 Å². The van der Waals surface area contributed by atoms with Crippen LogP contribution in [0.2, 0.25) is 0 Å². The molecule has 0 atom stereocenters. The van der Waals surface area contributed by atoms with Crippen molar-refractivity contribution in [2.45, 2.75) is 12.8 Å². The number of nitrogens with one attached hydrogen (secondary N) is 3. The molecule has 0 bridgehead atoms. The molecule has 1 aromatic heterocycles. The number of carbonyl (C=O) groups excluding carboxylic acids is 2.